The molecule has 1 aromatic heterocycles. The van der Waals surface area contributed by atoms with Crippen LogP contribution in [0.2, 0.25) is 0 Å². The second kappa shape index (κ2) is 5.83. The molecule has 0 aliphatic carbocycles. The molecule has 2 heterocycles. The fourth-order valence-corrected chi connectivity index (χ4v) is 2.63. The Labute approximate surface area is 132 Å². The summed E-state index contributed by atoms with van der Waals surface area (Å²) in [6.45, 7) is 3.17. The molecule has 120 valence electrons. The van der Waals surface area contributed by atoms with E-state index >= 15 is 0 Å². The van der Waals surface area contributed by atoms with E-state index in [0.29, 0.717) is 18.8 Å². The number of likely N-dealkylation sites (tertiary alicyclic amines) is 1. The van der Waals surface area contributed by atoms with Gasteiger partial charge in [-0.3, -0.25) is 14.2 Å². The van der Waals surface area contributed by atoms with E-state index in [1.807, 2.05) is 19.1 Å². The van der Waals surface area contributed by atoms with Gasteiger partial charge in [-0.1, -0.05) is 17.7 Å². The minimum atomic E-state index is -0.657. The van der Waals surface area contributed by atoms with Gasteiger partial charge in [0.2, 0.25) is 5.69 Å². The number of amides is 1. The van der Waals surface area contributed by atoms with Gasteiger partial charge in [0.05, 0.1) is 5.69 Å². The van der Waals surface area contributed by atoms with Crippen LogP contribution in [-0.4, -0.2) is 38.2 Å². The predicted molar refractivity (Wildman–Crippen MR) is 84.9 cm³/mol. The molecule has 1 aliphatic rings. The van der Waals surface area contributed by atoms with Crippen LogP contribution in [-0.2, 0) is 7.05 Å². The number of hydrogen-bond donors (Lipinski definition) is 0. The van der Waals surface area contributed by atoms with Crippen molar-refractivity contribution in [3.63, 3.8) is 0 Å². The van der Waals surface area contributed by atoms with Crippen molar-refractivity contribution in [1.29, 1.82) is 0 Å². The molecule has 1 amide bonds. The predicted octanol–water partition coefficient (Wildman–Crippen LogP) is 0.476. The third kappa shape index (κ3) is 2.69. The van der Waals surface area contributed by atoms with Crippen molar-refractivity contribution in [2.75, 3.05) is 13.1 Å². The van der Waals surface area contributed by atoms with Crippen LogP contribution in [0.5, 0.6) is 0 Å². The maximum Gasteiger partial charge on any atom is 0.351 e. The Hall–Kier alpha value is -2.70. The summed E-state index contributed by atoms with van der Waals surface area (Å²) in [6, 6.07) is 7.16. The molecule has 3 rings (SSSR count). The first-order valence-corrected chi connectivity index (χ1v) is 7.56. The van der Waals surface area contributed by atoms with E-state index in [9.17, 15) is 14.4 Å². The van der Waals surface area contributed by atoms with Gasteiger partial charge in [0.15, 0.2) is 0 Å². The molecule has 1 aromatic carbocycles. The summed E-state index contributed by atoms with van der Waals surface area (Å²) in [6.07, 6.45) is 1.84. The Bertz CT molecular complexity index is 858. The lowest BCUT2D eigenvalue weighted by molar-refractivity contribution is 0.0781. The first-order chi connectivity index (χ1) is 11.0. The number of nitrogens with zero attached hydrogens (tertiary/aromatic N) is 4. The highest BCUT2D eigenvalue weighted by Gasteiger charge is 2.25. The second-order valence-corrected chi connectivity index (χ2v) is 5.74. The van der Waals surface area contributed by atoms with E-state index < -0.39 is 17.2 Å². The van der Waals surface area contributed by atoms with Crippen LogP contribution in [0.4, 0.5) is 0 Å². The minimum Gasteiger partial charge on any atom is -0.337 e. The van der Waals surface area contributed by atoms with Crippen LogP contribution < -0.4 is 11.2 Å². The van der Waals surface area contributed by atoms with Crippen LogP contribution in [0.25, 0.3) is 5.69 Å². The van der Waals surface area contributed by atoms with Crippen LogP contribution in [0, 0.1) is 6.92 Å². The van der Waals surface area contributed by atoms with Crippen LogP contribution in [0.1, 0.15) is 28.9 Å². The molecule has 0 N–H and O–H groups in total. The largest absolute Gasteiger partial charge is 0.351 e. The Morgan fingerprint density at radius 2 is 1.70 bits per heavy atom. The average Bonchev–Trinajstić information content (AvgIpc) is 3.08. The molecule has 1 fully saturated rings. The van der Waals surface area contributed by atoms with E-state index in [1.54, 1.807) is 17.0 Å². The van der Waals surface area contributed by atoms with Crippen molar-refractivity contribution in [2.24, 2.45) is 7.05 Å². The average molecular weight is 314 g/mol. The molecule has 0 saturated carbocycles. The van der Waals surface area contributed by atoms with Crippen molar-refractivity contribution in [1.82, 2.24) is 19.2 Å². The van der Waals surface area contributed by atoms with Crippen molar-refractivity contribution < 1.29 is 4.79 Å². The smallest absolute Gasteiger partial charge is 0.337 e. The highest BCUT2D eigenvalue weighted by Crippen LogP contribution is 2.10. The Morgan fingerprint density at radius 1 is 1.09 bits per heavy atom. The van der Waals surface area contributed by atoms with E-state index in [2.05, 4.69) is 5.10 Å². The summed E-state index contributed by atoms with van der Waals surface area (Å²) in [5.74, 6) is -0.413. The number of carbonyl (C=O) groups excluding carboxylic acids is 1. The highest BCUT2D eigenvalue weighted by molar-refractivity contribution is 5.92. The Balaban J connectivity index is 2.14. The fraction of sp³-hybridized carbons (Fsp3) is 0.375. The Morgan fingerprint density at radius 3 is 2.30 bits per heavy atom. The maximum absolute atomic E-state index is 12.5. The van der Waals surface area contributed by atoms with E-state index in [1.165, 1.54) is 7.05 Å². The van der Waals surface area contributed by atoms with Crippen LogP contribution in [0.3, 0.4) is 0 Å². The van der Waals surface area contributed by atoms with Crippen molar-refractivity contribution in [3.05, 3.63) is 56.4 Å². The lowest BCUT2D eigenvalue weighted by Gasteiger charge is -2.15. The Kier molecular flexibility index (Phi) is 3.85. The van der Waals surface area contributed by atoms with E-state index in [0.717, 1.165) is 27.7 Å². The van der Waals surface area contributed by atoms with Gasteiger partial charge < -0.3 is 4.90 Å². The molecule has 0 radical (unpaired) electrons. The first-order valence-electron chi connectivity index (χ1n) is 7.56. The van der Waals surface area contributed by atoms with Gasteiger partial charge in [-0.05, 0) is 31.9 Å². The lowest BCUT2D eigenvalue weighted by Crippen LogP contribution is -2.45. The van der Waals surface area contributed by atoms with Crippen molar-refractivity contribution in [2.45, 2.75) is 19.8 Å². The molecule has 7 nitrogen and oxygen atoms in total. The normalized spacial score (nSPS) is 14.3. The SMILES string of the molecule is Cc1ccc(-n2nc(C(=O)N3CCCC3)c(=O)n(C)c2=O)cc1. The van der Waals surface area contributed by atoms with Gasteiger partial charge in [-0.15, -0.1) is 0 Å². The first kappa shape index (κ1) is 15.2. The third-order valence-electron chi connectivity index (χ3n) is 4.05. The van der Waals surface area contributed by atoms with Gasteiger partial charge in [-0.2, -0.15) is 9.78 Å². The summed E-state index contributed by atoms with van der Waals surface area (Å²) in [7, 11) is 1.36. The van der Waals surface area contributed by atoms with Crippen molar-refractivity contribution in [3.8, 4) is 5.69 Å². The monoisotopic (exact) mass is 314 g/mol. The summed E-state index contributed by atoms with van der Waals surface area (Å²) < 4.78 is 2.03. The summed E-state index contributed by atoms with van der Waals surface area (Å²) >= 11 is 0. The third-order valence-corrected chi connectivity index (χ3v) is 4.05. The molecule has 7 heteroatoms. The number of aryl methyl sites for hydroxylation is 1. The summed E-state index contributed by atoms with van der Waals surface area (Å²) in [5, 5.41) is 4.06. The van der Waals surface area contributed by atoms with E-state index in [-0.39, 0.29) is 5.69 Å². The molecule has 0 unspecified atom stereocenters. The van der Waals surface area contributed by atoms with Gasteiger partial charge in [-0.25, -0.2) is 4.79 Å². The molecule has 1 saturated heterocycles. The standard InChI is InChI=1S/C16H18N4O3/c1-11-5-7-12(8-6-11)20-16(23)18(2)14(21)13(17-20)15(22)19-9-3-4-10-19/h5-8H,3-4,9-10H2,1-2H3. The highest BCUT2D eigenvalue weighted by atomic mass is 16.2. The quantitative estimate of drug-likeness (QED) is 0.807. The van der Waals surface area contributed by atoms with Crippen molar-refractivity contribution >= 4 is 5.91 Å². The van der Waals surface area contributed by atoms with E-state index in [4.69, 9.17) is 0 Å². The molecule has 2 aromatic rings. The lowest BCUT2D eigenvalue weighted by atomic mass is 10.2. The molecule has 0 atom stereocenters. The zero-order chi connectivity index (χ0) is 16.6. The molecule has 0 bridgehead atoms. The molecular weight excluding hydrogens is 296 g/mol. The van der Waals surface area contributed by atoms with Gasteiger partial charge in [0.25, 0.3) is 11.5 Å². The number of rotatable bonds is 2. The number of hydrogen-bond acceptors (Lipinski definition) is 4. The zero-order valence-corrected chi connectivity index (χ0v) is 13.2. The number of carbonyl (C=O) groups is 1. The van der Waals surface area contributed by atoms with Gasteiger partial charge in [0, 0.05) is 20.1 Å². The van der Waals surface area contributed by atoms with Crippen LogP contribution >= 0.6 is 0 Å². The molecular formula is C16H18N4O3. The molecule has 1 aliphatic heterocycles. The zero-order valence-electron chi connectivity index (χ0n) is 13.2. The fourth-order valence-electron chi connectivity index (χ4n) is 2.63. The summed E-state index contributed by atoms with van der Waals surface area (Å²) in [4.78, 5) is 38.7. The maximum atomic E-state index is 12.5. The molecule has 23 heavy (non-hydrogen) atoms. The second-order valence-electron chi connectivity index (χ2n) is 5.74. The van der Waals surface area contributed by atoms with Crippen LogP contribution in [0.15, 0.2) is 33.9 Å². The van der Waals surface area contributed by atoms with Gasteiger partial charge in [0.1, 0.15) is 0 Å². The minimum absolute atomic E-state index is 0.213. The summed E-state index contributed by atoms with van der Waals surface area (Å²) in [5.41, 5.74) is 0.119. The number of aromatic nitrogens is 3. The topological polar surface area (TPSA) is 77.2 Å². The molecule has 0 spiro atoms. The van der Waals surface area contributed by atoms with Gasteiger partial charge >= 0.3 is 5.69 Å². The number of benzene rings is 1.